The number of amides is 1. The first-order chi connectivity index (χ1) is 11.1. The van der Waals surface area contributed by atoms with Gasteiger partial charge in [-0.1, -0.05) is 18.2 Å². The quantitative estimate of drug-likeness (QED) is 0.786. The number of hydrogen-bond donors (Lipinski definition) is 0. The Kier molecular flexibility index (Phi) is 5.86. The number of rotatable bonds is 7. The molecule has 5 heteroatoms. The van der Waals surface area contributed by atoms with Crippen molar-refractivity contribution >= 4 is 12.0 Å². The van der Waals surface area contributed by atoms with Crippen molar-refractivity contribution in [3.63, 3.8) is 0 Å². The Bertz CT molecular complexity index is 662. The summed E-state index contributed by atoms with van der Waals surface area (Å²) in [6.45, 7) is 2.30. The number of carbonyl (C=O) groups excluding carboxylic acids is 1. The largest absolute Gasteiger partial charge is 0.493 e. The number of hydrogen-bond acceptors (Lipinski definition) is 4. The number of likely N-dealkylation sites (N-methyl/N-ethyl adjacent to an activating group) is 1. The monoisotopic (exact) mass is 315 g/mol. The minimum Gasteiger partial charge on any atom is -0.493 e. The summed E-state index contributed by atoms with van der Waals surface area (Å²) in [6, 6.07) is 9.20. The van der Waals surface area contributed by atoms with Crippen LogP contribution in [0, 0.1) is 0 Å². The molecule has 0 saturated heterocycles. The molecule has 122 valence electrons. The minimum absolute atomic E-state index is 0.0590. The molecule has 23 heavy (non-hydrogen) atoms. The molecule has 0 bridgehead atoms. The van der Waals surface area contributed by atoms with Crippen LogP contribution >= 0.6 is 0 Å². The van der Waals surface area contributed by atoms with Crippen LogP contribution in [0.15, 0.2) is 47.1 Å². The average molecular weight is 315 g/mol. The number of methoxy groups -OCH3 is 1. The third-order valence-corrected chi connectivity index (χ3v) is 3.30. The Morgan fingerprint density at radius 3 is 2.78 bits per heavy atom. The van der Waals surface area contributed by atoms with Gasteiger partial charge in [-0.2, -0.15) is 0 Å². The molecule has 0 aliphatic rings. The van der Waals surface area contributed by atoms with Crippen molar-refractivity contribution in [1.82, 2.24) is 4.90 Å². The SMILES string of the molecule is C/C=C/c1ccc(OCC(=O)N(C)Cc2ccco2)c(OC)c1. The predicted octanol–water partition coefficient (Wildman–Crippen LogP) is 3.36. The summed E-state index contributed by atoms with van der Waals surface area (Å²) in [5, 5.41) is 0. The van der Waals surface area contributed by atoms with Gasteiger partial charge < -0.3 is 18.8 Å². The van der Waals surface area contributed by atoms with Gasteiger partial charge in [-0.25, -0.2) is 0 Å². The molecular formula is C18H21NO4. The lowest BCUT2D eigenvalue weighted by atomic mass is 10.2. The fourth-order valence-electron chi connectivity index (χ4n) is 2.07. The van der Waals surface area contributed by atoms with Crippen molar-refractivity contribution in [1.29, 1.82) is 0 Å². The highest BCUT2D eigenvalue weighted by molar-refractivity contribution is 5.77. The fraction of sp³-hybridized carbons (Fsp3) is 0.278. The summed E-state index contributed by atoms with van der Waals surface area (Å²) >= 11 is 0. The van der Waals surface area contributed by atoms with Crippen LogP contribution in [-0.4, -0.2) is 31.6 Å². The van der Waals surface area contributed by atoms with Gasteiger partial charge in [0.2, 0.25) is 0 Å². The number of allylic oxidation sites excluding steroid dienone is 1. The van der Waals surface area contributed by atoms with Crippen molar-refractivity contribution in [3.8, 4) is 11.5 Å². The predicted molar refractivity (Wildman–Crippen MR) is 88.4 cm³/mol. The Morgan fingerprint density at radius 2 is 2.13 bits per heavy atom. The van der Waals surface area contributed by atoms with Gasteiger partial charge in [-0.3, -0.25) is 4.79 Å². The fourth-order valence-corrected chi connectivity index (χ4v) is 2.07. The highest BCUT2D eigenvalue weighted by Crippen LogP contribution is 2.28. The molecule has 0 radical (unpaired) electrons. The van der Waals surface area contributed by atoms with Crippen molar-refractivity contribution in [2.45, 2.75) is 13.5 Å². The van der Waals surface area contributed by atoms with Gasteiger partial charge in [-0.15, -0.1) is 0 Å². The lowest BCUT2D eigenvalue weighted by Gasteiger charge is -2.17. The van der Waals surface area contributed by atoms with Crippen molar-refractivity contribution in [2.24, 2.45) is 0 Å². The zero-order valence-electron chi connectivity index (χ0n) is 13.6. The van der Waals surface area contributed by atoms with Crippen LogP contribution in [0.5, 0.6) is 11.5 Å². The van der Waals surface area contributed by atoms with E-state index in [1.807, 2.05) is 37.3 Å². The Labute approximate surface area is 136 Å². The molecule has 0 saturated carbocycles. The second-order valence-electron chi connectivity index (χ2n) is 5.03. The molecule has 0 N–H and O–H groups in total. The zero-order chi connectivity index (χ0) is 16.7. The standard InChI is InChI=1S/C18H21NO4/c1-4-6-14-8-9-16(17(11-14)21-3)23-13-18(20)19(2)12-15-7-5-10-22-15/h4-11H,12-13H2,1-3H3/b6-4+. The maximum atomic E-state index is 12.1. The van der Waals surface area contributed by atoms with Crippen molar-refractivity contribution < 1.29 is 18.7 Å². The van der Waals surface area contributed by atoms with E-state index in [9.17, 15) is 4.79 Å². The molecule has 2 rings (SSSR count). The summed E-state index contributed by atoms with van der Waals surface area (Å²) in [4.78, 5) is 13.7. The molecule has 0 aliphatic carbocycles. The first kappa shape index (κ1) is 16.7. The maximum absolute atomic E-state index is 12.1. The molecule has 1 aromatic heterocycles. The number of nitrogens with zero attached hydrogens (tertiary/aromatic N) is 1. The summed E-state index contributed by atoms with van der Waals surface area (Å²) in [7, 11) is 3.28. The molecule has 0 atom stereocenters. The highest BCUT2D eigenvalue weighted by atomic mass is 16.5. The lowest BCUT2D eigenvalue weighted by molar-refractivity contribution is -0.132. The van der Waals surface area contributed by atoms with Crippen LogP contribution in [0.3, 0.4) is 0 Å². The first-order valence-corrected chi connectivity index (χ1v) is 7.34. The normalized spacial score (nSPS) is 10.7. The molecular weight excluding hydrogens is 294 g/mol. The zero-order valence-corrected chi connectivity index (χ0v) is 13.6. The average Bonchev–Trinajstić information content (AvgIpc) is 3.06. The Balaban J connectivity index is 1.95. The lowest BCUT2D eigenvalue weighted by Crippen LogP contribution is -2.30. The van der Waals surface area contributed by atoms with E-state index < -0.39 is 0 Å². The first-order valence-electron chi connectivity index (χ1n) is 7.34. The van der Waals surface area contributed by atoms with E-state index in [4.69, 9.17) is 13.9 Å². The van der Waals surface area contributed by atoms with Crippen LogP contribution in [0.4, 0.5) is 0 Å². The van der Waals surface area contributed by atoms with Crippen LogP contribution < -0.4 is 9.47 Å². The van der Waals surface area contributed by atoms with Gasteiger partial charge in [0.1, 0.15) is 5.76 Å². The van der Waals surface area contributed by atoms with E-state index >= 15 is 0 Å². The van der Waals surface area contributed by atoms with E-state index in [1.165, 1.54) is 0 Å². The molecule has 0 spiro atoms. The number of ether oxygens (including phenoxy) is 2. The summed E-state index contributed by atoms with van der Waals surface area (Å²) in [5.74, 6) is 1.73. The van der Waals surface area contributed by atoms with E-state index in [2.05, 4.69) is 0 Å². The third-order valence-electron chi connectivity index (χ3n) is 3.30. The van der Waals surface area contributed by atoms with Gasteiger partial charge in [0, 0.05) is 7.05 Å². The molecule has 5 nitrogen and oxygen atoms in total. The van der Waals surface area contributed by atoms with Crippen molar-refractivity contribution in [3.05, 3.63) is 54.0 Å². The van der Waals surface area contributed by atoms with E-state index in [0.29, 0.717) is 18.0 Å². The molecule has 1 heterocycles. The van der Waals surface area contributed by atoms with Gasteiger partial charge in [0.25, 0.3) is 5.91 Å². The smallest absolute Gasteiger partial charge is 0.260 e. The number of carbonyl (C=O) groups is 1. The summed E-state index contributed by atoms with van der Waals surface area (Å²) in [5.41, 5.74) is 1.01. The number of benzene rings is 1. The minimum atomic E-state index is -0.138. The summed E-state index contributed by atoms with van der Waals surface area (Å²) in [6.07, 6.45) is 5.50. The van der Waals surface area contributed by atoms with Gasteiger partial charge in [0.05, 0.1) is 19.9 Å². The van der Waals surface area contributed by atoms with Crippen LogP contribution in [-0.2, 0) is 11.3 Å². The van der Waals surface area contributed by atoms with E-state index in [-0.39, 0.29) is 12.5 Å². The molecule has 0 fully saturated rings. The van der Waals surface area contributed by atoms with Crippen LogP contribution in [0.1, 0.15) is 18.2 Å². The molecule has 2 aromatic rings. The van der Waals surface area contributed by atoms with E-state index in [1.54, 1.807) is 37.5 Å². The van der Waals surface area contributed by atoms with Crippen molar-refractivity contribution in [2.75, 3.05) is 20.8 Å². The molecule has 0 aliphatic heterocycles. The van der Waals surface area contributed by atoms with Gasteiger partial charge in [0.15, 0.2) is 18.1 Å². The number of furan rings is 1. The second kappa shape index (κ2) is 8.08. The summed E-state index contributed by atoms with van der Waals surface area (Å²) < 4.78 is 16.1. The maximum Gasteiger partial charge on any atom is 0.260 e. The Hall–Kier alpha value is -2.69. The van der Waals surface area contributed by atoms with Crippen LogP contribution in [0.2, 0.25) is 0 Å². The van der Waals surface area contributed by atoms with Gasteiger partial charge >= 0.3 is 0 Å². The Morgan fingerprint density at radius 1 is 1.30 bits per heavy atom. The third kappa shape index (κ3) is 4.64. The van der Waals surface area contributed by atoms with Crippen LogP contribution in [0.25, 0.3) is 6.08 Å². The topological polar surface area (TPSA) is 51.9 Å². The van der Waals surface area contributed by atoms with Gasteiger partial charge in [-0.05, 0) is 36.8 Å². The van der Waals surface area contributed by atoms with E-state index in [0.717, 1.165) is 11.3 Å². The molecule has 1 aromatic carbocycles. The molecule has 1 amide bonds. The molecule has 0 unspecified atom stereocenters. The highest BCUT2D eigenvalue weighted by Gasteiger charge is 2.13. The second-order valence-corrected chi connectivity index (χ2v) is 5.03.